The second-order valence-corrected chi connectivity index (χ2v) is 4.77. The molecule has 0 bridgehead atoms. The molecule has 2 aromatic carbocycles. The number of benzene rings is 2. The first-order chi connectivity index (χ1) is 10.3. The van der Waals surface area contributed by atoms with Crippen LogP contribution in [0.15, 0.2) is 54.6 Å². The van der Waals surface area contributed by atoms with E-state index in [1.807, 2.05) is 0 Å². The summed E-state index contributed by atoms with van der Waals surface area (Å²) in [5.41, 5.74) is -0.532. The predicted octanol–water partition coefficient (Wildman–Crippen LogP) is 4.98. The van der Waals surface area contributed by atoms with E-state index in [0.29, 0.717) is 5.02 Å². The van der Waals surface area contributed by atoms with E-state index in [0.717, 1.165) is 18.2 Å². The Bertz CT molecular complexity index is 709. The van der Waals surface area contributed by atoms with Crippen molar-refractivity contribution in [1.82, 2.24) is 0 Å². The molecule has 0 saturated carbocycles. The molecule has 0 heterocycles. The van der Waals surface area contributed by atoms with Gasteiger partial charge >= 0.3 is 12.1 Å². The zero-order chi connectivity index (χ0) is 16.2. The molecule has 114 valence electrons. The van der Waals surface area contributed by atoms with Crippen LogP contribution in [-0.2, 0) is 11.0 Å². The lowest BCUT2D eigenvalue weighted by atomic mass is 10.1. The standard InChI is InChI=1S/C16H10ClF3O2/c17-13-5-2-6-14(10-13)22-15(21)8-7-11-3-1-4-12(9-11)16(18,19)20/h1-10H/b8-7+. The Kier molecular flexibility index (Phi) is 4.88. The first kappa shape index (κ1) is 16.1. The summed E-state index contributed by atoms with van der Waals surface area (Å²) in [6.07, 6.45) is -2.12. The Labute approximate surface area is 129 Å². The molecule has 0 aliphatic heterocycles. The highest BCUT2D eigenvalue weighted by Crippen LogP contribution is 2.29. The van der Waals surface area contributed by atoms with Gasteiger partial charge in [-0.15, -0.1) is 0 Å². The molecule has 0 unspecified atom stereocenters. The van der Waals surface area contributed by atoms with Gasteiger partial charge in [0.1, 0.15) is 5.75 Å². The van der Waals surface area contributed by atoms with Gasteiger partial charge in [-0.1, -0.05) is 29.8 Å². The topological polar surface area (TPSA) is 26.3 Å². The van der Waals surface area contributed by atoms with E-state index in [4.69, 9.17) is 16.3 Å². The highest BCUT2D eigenvalue weighted by atomic mass is 35.5. The van der Waals surface area contributed by atoms with Crippen molar-refractivity contribution in [2.24, 2.45) is 0 Å². The van der Waals surface area contributed by atoms with E-state index >= 15 is 0 Å². The number of halogens is 4. The van der Waals surface area contributed by atoms with Crippen LogP contribution in [0.1, 0.15) is 11.1 Å². The first-order valence-electron chi connectivity index (χ1n) is 6.17. The minimum Gasteiger partial charge on any atom is -0.423 e. The lowest BCUT2D eigenvalue weighted by Crippen LogP contribution is -2.05. The maximum absolute atomic E-state index is 12.6. The van der Waals surface area contributed by atoms with Gasteiger partial charge < -0.3 is 4.74 Å². The van der Waals surface area contributed by atoms with Crippen molar-refractivity contribution in [2.45, 2.75) is 6.18 Å². The normalized spacial score (nSPS) is 11.6. The van der Waals surface area contributed by atoms with Crippen LogP contribution in [0, 0.1) is 0 Å². The molecule has 22 heavy (non-hydrogen) atoms. The molecular weight excluding hydrogens is 317 g/mol. The fraction of sp³-hybridized carbons (Fsp3) is 0.0625. The van der Waals surface area contributed by atoms with Crippen LogP contribution >= 0.6 is 11.6 Å². The lowest BCUT2D eigenvalue weighted by molar-refractivity contribution is -0.137. The molecule has 2 nitrogen and oxygen atoms in total. The fourth-order valence-electron chi connectivity index (χ4n) is 1.66. The Morgan fingerprint density at radius 1 is 1.09 bits per heavy atom. The van der Waals surface area contributed by atoms with Crippen LogP contribution in [0.4, 0.5) is 13.2 Å². The van der Waals surface area contributed by atoms with Crippen molar-refractivity contribution in [1.29, 1.82) is 0 Å². The largest absolute Gasteiger partial charge is 0.423 e. The molecule has 0 aromatic heterocycles. The quantitative estimate of drug-likeness (QED) is 0.452. The SMILES string of the molecule is O=C(/C=C/c1cccc(C(F)(F)F)c1)Oc1cccc(Cl)c1. The third-order valence-corrected chi connectivity index (χ3v) is 2.88. The summed E-state index contributed by atoms with van der Waals surface area (Å²) < 4.78 is 42.7. The maximum atomic E-state index is 12.6. The number of hydrogen-bond donors (Lipinski definition) is 0. The molecule has 0 saturated heterocycles. The highest BCUT2D eigenvalue weighted by Gasteiger charge is 2.30. The third kappa shape index (κ3) is 4.63. The van der Waals surface area contributed by atoms with E-state index in [-0.39, 0.29) is 11.3 Å². The minimum atomic E-state index is -4.43. The zero-order valence-corrected chi connectivity index (χ0v) is 11.9. The molecule has 0 aliphatic carbocycles. The Morgan fingerprint density at radius 2 is 1.82 bits per heavy atom. The molecular formula is C16H10ClF3O2. The number of ether oxygens (including phenoxy) is 1. The summed E-state index contributed by atoms with van der Waals surface area (Å²) in [7, 11) is 0. The van der Waals surface area contributed by atoms with Crippen molar-refractivity contribution in [3.8, 4) is 5.75 Å². The molecule has 0 radical (unpaired) electrons. The van der Waals surface area contributed by atoms with Gasteiger partial charge in [0.25, 0.3) is 0 Å². The Balaban J connectivity index is 2.07. The van der Waals surface area contributed by atoms with Crippen molar-refractivity contribution < 1.29 is 22.7 Å². The molecule has 0 atom stereocenters. The number of esters is 1. The van der Waals surface area contributed by atoms with Gasteiger partial charge in [0.2, 0.25) is 0 Å². The summed E-state index contributed by atoms with van der Waals surface area (Å²) in [4.78, 5) is 11.6. The number of rotatable bonds is 3. The summed E-state index contributed by atoms with van der Waals surface area (Å²) in [5.74, 6) is -0.453. The predicted molar refractivity (Wildman–Crippen MR) is 77.6 cm³/mol. The minimum absolute atomic E-state index is 0.248. The first-order valence-corrected chi connectivity index (χ1v) is 6.55. The zero-order valence-electron chi connectivity index (χ0n) is 11.1. The van der Waals surface area contributed by atoms with Crippen molar-refractivity contribution >= 4 is 23.6 Å². The van der Waals surface area contributed by atoms with Gasteiger partial charge in [0, 0.05) is 11.1 Å². The second kappa shape index (κ2) is 6.66. The summed E-state index contributed by atoms with van der Waals surface area (Å²) in [6.45, 7) is 0. The van der Waals surface area contributed by atoms with Gasteiger partial charge in [-0.3, -0.25) is 0 Å². The van der Waals surface area contributed by atoms with Crippen LogP contribution in [-0.4, -0.2) is 5.97 Å². The summed E-state index contributed by atoms with van der Waals surface area (Å²) in [6, 6.07) is 10.9. The molecule has 0 N–H and O–H groups in total. The van der Waals surface area contributed by atoms with Gasteiger partial charge in [-0.05, 0) is 42.0 Å². The fourth-order valence-corrected chi connectivity index (χ4v) is 1.84. The van der Waals surface area contributed by atoms with Gasteiger partial charge in [-0.2, -0.15) is 13.2 Å². The van der Waals surface area contributed by atoms with E-state index in [2.05, 4.69) is 0 Å². The molecule has 6 heteroatoms. The van der Waals surface area contributed by atoms with E-state index < -0.39 is 17.7 Å². The van der Waals surface area contributed by atoms with E-state index in [9.17, 15) is 18.0 Å². The van der Waals surface area contributed by atoms with Crippen molar-refractivity contribution in [2.75, 3.05) is 0 Å². The summed E-state index contributed by atoms with van der Waals surface area (Å²) >= 11 is 5.75. The molecule has 0 fully saturated rings. The second-order valence-electron chi connectivity index (χ2n) is 4.34. The van der Waals surface area contributed by atoms with Crippen molar-refractivity contribution in [3.63, 3.8) is 0 Å². The maximum Gasteiger partial charge on any atom is 0.416 e. The number of carbonyl (C=O) groups is 1. The van der Waals surface area contributed by atoms with E-state index in [1.54, 1.807) is 18.2 Å². The van der Waals surface area contributed by atoms with Crippen LogP contribution in [0.2, 0.25) is 5.02 Å². The number of alkyl halides is 3. The van der Waals surface area contributed by atoms with Gasteiger partial charge in [0.15, 0.2) is 0 Å². The van der Waals surface area contributed by atoms with Gasteiger partial charge in [0.05, 0.1) is 5.56 Å². The third-order valence-electron chi connectivity index (χ3n) is 2.64. The average Bonchev–Trinajstić information content (AvgIpc) is 2.45. The molecule has 0 amide bonds. The average molecular weight is 327 g/mol. The Hall–Kier alpha value is -2.27. The van der Waals surface area contributed by atoms with Gasteiger partial charge in [-0.25, -0.2) is 4.79 Å². The molecule has 2 aromatic rings. The highest BCUT2D eigenvalue weighted by molar-refractivity contribution is 6.30. The van der Waals surface area contributed by atoms with Crippen LogP contribution in [0.3, 0.4) is 0 Å². The molecule has 0 spiro atoms. The molecule has 0 aliphatic rings. The molecule has 2 rings (SSSR count). The van der Waals surface area contributed by atoms with Crippen LogP contribution in [0.5, 0.6) is 5.75 Å². The van der Waals surface area contributed by atoms with E-state index in [1.165, 1.54) is 24.3 Å². The monoisotopic (exact) mass is 326 g/mol. The number of carbonyl (C=O) groups excluding carboxylic acids is 1. The smallest absolute Gasteiger partial charge is 0.416 e. The van der Waals surface area contributed by atoms with Crippen LogP contribution < -0.4 is 4.74 Å². The number of hydrogen-bond acceptors (Lipinski definition) is 2. The van der Waals surface area contributed by atoms with Crippen LogP contribution in [0.25, 0.3) is 6.08 Å². The Morgan fingerprint density at radius 3 is 2.50 bits per heavy atom. The summed E-state index contributed by atoms with van der Waals surface area (Å²) in [5, 5.41) is 0.409. The van der Waals surface area contributed by atoms with Crippen molar-refractivity contribution in [3.05, 3.63) is 70.8 Å². The lowest BCUT2D eigenvalue weighted by Gasteiger charge is -2.06.